The third kappa shape index (κ3) is 6.00. The SMILES string of the molecule is Nc1nc2c(nnn2[C@@H]2O[C@H](COP(O)(O)=S)C[C@H]2OP(O)(=S)OC[C@]23CO[C@H](C2)C(n2cnc4c(N)ncnc42)O3)c(=O)[nH]1. The average Bonchev–Trinajstić information content (AvgIpc) is 3.78. The minimum absolute atomic E-state index is 0.00985. The molecular weight excluding hydrogens is 680 g/mol. The van der Waals surface area contributed by atoms with Crippen LogP contribution in [0.15, 0.2) is 17.4 Å². The van der Waals surface area contributed by atoms with Crippen molar-refractivity contribution in [3.05, 3.63) is 23.0 Å². The van der Waals surface area contributed by atoms with Crippen molar-refractivity contribution in [2.24, 2.45) is 0 Å². The van der Waals surface area contributed by atoms with E-state index in [0.717, 1.165) is 4.68 Å². The quantitative estimate of drug-likeness (QED) is 0.105. The number of nitrogens with one attached hydrogen (secondary N) is 1. The third-order valence-electron chi connectivity index (χ3n) is 7.41. The summed E-state index contributed by atoms with van der Waals surface area (Å²) in [6.45, 7) is -8.38. The number of fused-ring (bicyclic) bond motifs is 4. The van der Waals surface area contributed by atoms with E-state index < -0.39 is 49.3 Å². The number of H-pyrrole nitrogens is 1. The molecule has 2 unspecified atom stereocenters. The molecular formula is C20H25N11O10P2S2. The van der Waals surface area contributed by atoms with E-state index in [1.807, 2.05) is 0 Å². The minimum atomic E-state index is -4.02. The number of nitrogens with two attached hydrogens (primary N) is 2. The van der Waals surface area contributed by atoms with Gasteiger partial charge in [0, 0.05) is 12.8 Å². The summed E-state index contributed by atoms with van der Waals surface area (Å²) in [5.41, 5.74) is 10.8. The number of hydrogen-bond donors (Lipinski definition) is 6. The van der Waals surface area contributed by atoms with Crippen molar-refractivity contribution < 1.29 is 42.5 Å². The van der Waals surface area contributed by atoms with E-state index in [4.69, 9.17) is 51.1 Å². The van der Waals surface area contributed by atoms with Crippen LogP contribution in [0.5, 0.6) is 0 Å². The summed E-state index contributed by atoms with van der Waals surface area (Å²) in [6.07, 6.45) is -0.734. The number of nitrogen functional groups attached to an aromatic ring is 2. The van der Waals surface area contributed by atoms with Crippen LogP contribution in [-0.2, 0) is 51.4 Å². The monoisotopic (exact) mass is 705 g/mol. The van der Waals surface area contributed by atoms with Gasteiger partial charge in [-0.1, -0.05) is 5.21 Å². The number of nitrogens with zero attached hydrogens (tertiary/aromatic N) is 8. The van der Waals surface area contributed by atoms with Crippen molar-refractivity contribution in [3.63, 3.8) is 0 Å². The molecule has 0 radical (unpaired) electrons. The lowest BCUT2D eigenvalue weighted by Crippen LogP contribution is -2.39. The van der Waals surface area contributed by atoms with Crippen LogP contribution in [-0.4, -0.2) is 103 Å². The molecule has 3 aliphatic heterocycles. The van der Waals surface area contributed by atoms with Crippen LogP contribution in [0.4, 0.5) is 11.8 Å². The van der Waals surface area contributed by atoms with Gasteiger partial charge in [-0.2, -0.15) is 9.67 Å². The molecule has 7 rings (SSSR count). The van der Waals surface area contributed by atoms with Crippen LogP contribution in [0.1, 0.15) is 25.3 Å². The second-order valence-electron chi connectivity index (χ2n) is 10.5. The van der Waals surface area contributed by atoms with Gasteiger partial charge < -0.3 is 53.9 Å². The molecule has 21 nitrogen and oxygen atoms in total. The number of ether oxygens (including phenoxy) is 3. The lowest BCUT2D eigenvalue weighted by atomic mass is 10.0. The first-order valence-electron chi connectivity index (χ1n) is 13.1. The predicted molar refractivity (Wildman–Crippen MR) is 158 cm³/mol. The van der Waals surface area contributed by atoms with Gasteiger partial charge in [-0.05, 0) is 23.6 Å². The van der Waals surface area contributed by atoms with Gasteiger partial charge in [0.05, 0.1) is 32.3 Å². The Hall–Kier alpha value is -2.63. The Kier molecular flexibility index (Phi) is 7.76. The fourth-order valence-electron chi connectivity index (χ4n) is 5.51. The average molecular weight is 706 g/mol. The summed E-state index contributed by atoms with van der Waals surface area (Å²) in [4.78, 5) is 61.4. The molecule has 45 heavy (non-hydrogen) atoms. The highest BCUT2D eigenvalue weighted by atomic mass is 32.5. The fourth-order valence-corrected chi connectivity index (χ4v) is 7.53. The zero-order chi connectivity index (χ0) is 31.7. The normalized spacial score (nSPS) is 29.6. The Bertz CT molecular complexity index is 1940. The number of imidazole rings is 1. The van der Waals surface area contributed by atoms with Crippen molar-refractivity contribution in [2.75, 3.05) is 31.3 Å². The summed E-state index contributed by atoms with van der Waals surface area (Å²) >= 11 is 9.89. The van der Waals surface area contributed by atoms with Gasteiger partial charge >= 0.3 is 13.4 Å². The van der Waals surface area contributed by atoms with Crippen molar-refractivity contribution in [1.82, 2.24) is 44.5 Å². The third-order valence-corrected chi connectivity index (χ3v) is 9.78. The molecule has 7 heterocycles. The van der Waals surface area contributed by atoms with Gasteiger partial charge in [-0.3, -0.25) is 14.3 Å². The maximum atomic E-state index is 12.3. The van der Waals surface area contributed by atoms with Gasteiger partial charge in [0.1, 0.15) is 29.7 Å². The number of aromatic amines is 1. The summed E-state index contributed by atoms with van der Waals surface area (Å²) in [5.74, 6) is 0.0267. The minimum Gasteiger partial charge on any atom is -0.382 e. The molecule has 8 N–H and O–H groups in total. The molecule has 0 aromatic carbocycles. The molecule has 25 heteroatoms. The first-order valence-corrected chi connectivity index (χ1v) is 18.4. The van der Waals surface area contributed by atoms with Crippen molar-refractivity contribution in [3.8, 4) is 0 Å². The van der Waals surface area contributed by atoms with Crippen molar-refractivity contribution in [2.45, 2.75) is 49.2 Å². The summed E-state index contributed by atoms with van der Waals surface area (Å²) in [6, 6.07) is 0. The van der Waals surface area contributed by atoms with Crippen LogP contribution in [0.25, 0.3) is 22.3 Å². The standard InChI is InChI=1S/C20H25N11O10P2S2/c21-13-11-14(24-6-23-13)30(7-25-11)17-10-2-20(40-17,4-36-10)5-38-43(35,45)41-9-1-8(3-37-42(33,34)44)39-18(9)31-15-12(28-29-31)16(32)27-19(22)26-15/h6-10,17-18H,1-5H2,(H,35,45)(H2,21,23,24)(H2,33,34,44)(H3,22,26,27,32)/t8-,9+,10+,17?,18+,20+,43?/m0/s1. The van der Waals surface area contributed by atoms with Gasteiger partial charge in [0.15, 0.2) is 35.1 Å². The zero-order valence-electron chi connectivity index (χ0n) is 22.7. The molecule has 2 bridgehead atoms. The van der Waals surface area contributed by atoms with E-state index in [1.54, 1.807) is 4.57 Å². The highest BCUT2D eigenvalue weighted by Gasteiger charge is 2.55. The number of hydrogen-bond acceptors (Lipinski definition) is 17. The first-order chi connectivity index (χ1) is 21.3. The Morgan fingerprint density at radius 3 is 2.76 bits per heavy atom. The largest absolute Gasteiger partial charge is 0.382 e. The van der Waals surface area contributed by atoms with E-state index >= 15 is 0 Å². The summed E-state index contributed by atoms with van der Waals surface area (Å²) in [7, 11) is 0. The van der Waals surface area contributed by atoms with Crippen molar-refractivity contribution in [1.29, 1.82) is 0 Å². The second-order valence-corrected chi connectivity index (χ2v) is 16.0. The van der Waals surface area contributed by atoms with Gasteiger partial charge in [0.2, 0.25) is 5.95 Å². The molecule has 4 aromatic heterocycles. The van der Waals surface area contributed by atoms with Crippen LogP contribution in [0.3, 0.4) is 0 Å². The topological polar surface area (TPSA) is 288 Å². The van der Waals surface area contributed by atoms with E-state index in [9.17, 15) is 19.5 Å². The van der Waals surface area contributed by atoms with E-state index in [1.165, 1.54) is 12.7 Å². The molecule has 7 atom stereocenters. The van der Waals surface area contributed by atoms with Gasteiger partial charge in [-0.25, -0.2) is 15.0 Å². The molecule has 242 valence electrons. The molecule has 4 aromatic rings. The molecule has 3 aliphatic rings. The van der Waals surface area contributed by atoms with E-state index in [2.05, 4.69) is 47.0 Å². The maximum absolute atomic E-state index is 12.3. The lowest BCUT2D eigenvalue weighted by Gasteiger charge is -2.32. The molecule has 0 amide bonds. The fraction of sp³-hybridized carbons (Fsp3) is 0.550. The van der Waals surface area contributed by atoms with Crippen molar-refractivity contribution >= 4 is 71.1 Å². The van der Waals surface area contributed by atoms with Crippen LogP contribution in [0, 0.1) is 0 Å². The van der Waals surface area contributed by atoms with E-state index in [0.29, 0.717) is 17.6 Å². The van der Waals surface area contributed by atoms with Crippen LogP contribution >= 0.6 is 13.4 Å². The highest BCUT2D eigenvalue weighted by molar-refractivity contribution is 8.07. The highest BCUT2D eigenvalue weighted by Crippen LogP contribution is 2.53. The summed E-state index contributed by atoms with van der Waals surface area (Å²) in [5, 5.41) is 7.81. The smallest absolute Gasteiger partial charge is 0.325 e. The first kappa shape index (κ1) is 31.0. The number of anilines is 2. The maximum Gasteiger partial charge on any atom is 0.325 e. The van der Waals surface area contributed by atoms with Crippen LogP contribution in [0.2, 0.25) is 0 Å². The number of rotatable bonds is 10. The zero-order valence-corrected chi connectivity index (χ0v) is 26.1. The molecule has 3 saturated heterocycles. The second kappa shape index (κ2) is 11.3. The number of aromatic nitrogens is 9. The Morgan fingerprint density at radius 1 is 1.13 bits per heavy atom. The molecule has 3 fully saturated rings. The van der Waals surface area contributed by atoms with Gasteiger partial charge in [-0.15, -0.1) is 5.10 Å². The summed E-state index contributed by atoms with van der Waals surface area (Å²) < 4.78 is 37.7. The predicted octanol–water partition coefficient (Wildman–Crippen LogP) is -1.29. The molecule has 0 spiro atoms. The van der Waals surface area contributed by atoms with E-state index in [-0.39, 0.29) is 55.3 Å². The van der Waals surface area contributed by atoms with Gasteiger partial charge in [0.25, 0.3) is 5.56 Å². The Balaban J connectivity index is 1.08. The lowest BCUT2D eigenvalue weighted by molar-refractivity contribution is -0.180. The Morgan fingerprint density at radius 2 is 1.96 bits per heavy atom. The molecule has 0 saturated carbocycles. The molecule has 0 aliphatic carbocycles. The van der Waals surface area contributed by atoms with Crippen LogP contribution < -0.4 is 17.0 Å². The Labute approximate surface area is 261 Å².